The molecule has 0 aliphatic heterocycles. The lowest BCUT2D eigenvalue weighted by atomic mass is 10.0. The van der Waals surface area contributed by atoms with Crippen molar-refractivity contribution in [3.05, 3.63) is 88.3 Å². The predicted octanol–water partition coefficient (Wildman–Crippen LogP) is 6.67. The summed E-state index contributed by atoms with van der Waals surface area (Å²) in [7, 11) is 1.82. The monoisotopic (exact) mass is 577 g/mol. The summed E-state index contributed by atoms with van der Waals surface area (Å²) in [6.45, 7) is 2.03. The highest BCUT2D eigenvalue weighted by atomic mass is 127. The van der Waals surface area contributed by atoms with Crippen LogP contribution in [0.3, 0.4) is 0 Å². The maximum absolute atomic E-state index is 14.5. The Morgan fingerprint density at radius 2 is 1.69 bits per heavy atom. The molecule has 0 amide bonds. The second-order valence-corrected chi connectivity index (χ2v) is 9.07. The number of aromatic nitrogens is 4. The minimum atomic E-state index is -0.329. The van der Waals surface area contributed by atoms with Gasteiger partial charge in [0.1, 0.15) is 29.6 Å². The van der Waals surface area contributed by atoms with E-state index in [4.69, 9.17) is 0 Å². The van der Waals surface area contributed by atoms with Crippen LogP contribution in [0.5, 0.6) is 0 Å². The zero-order valence-corrected chi connectivity index (χ0v) is 21.1. The molecule has 5 aromatic rings. The van der Waals surface area contributed by atoms with Gasteiger partial charge in [0.15, 0.2) is 0 Å². The van der Waals surface area contributed by atoms with Crippen LogP contribution >= 0.6 is 22.6 Å². The maximum Gasteiger partial charge on any atom is 0.147 e. The van der Waals surface area contributed by atoms with Crippen molar-refractivity contribution in [2.24, 2.45) is 0 Å². The SMILES string of the molecule is CNc1cc(-c2cccnc2Nc2c(C)ccc3c(Nc4ccc(I)cc4F)nccc23)ncn1. The van der Waals surface area contributed by atoms with E-state index in [0.717, 1.165) is 42.7 Å². The molecular weight excluding hydrogens is 556 g/mol. The molecule has 0 radical (unpaired) electrons. The molecule has 0 unspecified atom stereocenters. The molecule has 3 aromatic heterocycles. The van der Waals surface area contributed by atoms with Crippen molar-refractivity contribution in [2.45, 2.75) is 6.92 Å². The molecule has 0 atom stereocenters. The third-order valence-corrected chi connectivity index (χ3v) is 6.26. The number of nitrogens with one attached hydrogen (secondary N) is 3. The van der Waals surface area contributed by atoms with E-state index in [1.807, 2.05) is 56.4 Å². The number of hydrogen-bond donors (Lipinski definition) is 3. The number of anilines is 5. The second-order valence-electron chi connectivity index (χ2n) is 7.82. The Hall–Kier alpha value is -3.86. The zero-order chi connectivity index (χ0) is 24.4. The Kier molecular flexibility index (Phi) is 6.41. The summed E-state index contributed by atoms with van der Waals surface area (Å²) in [4.78, 5) is 17.7. The van der Waals surface area contributed by atoms with E-state index in [0.29, 0.717) is 17.3 Å². The van der Waals surface area contributed by atoms with Crippen molar-refractivity contribution in [3.8, 4) is 11.3 Å². The summed E-state index contributed by atoms with van der Waals surface area (Å²) in [6.07, 6.45) is 4.97. The number of nitrogens with zero attached hydrogens (tertiary/aromatic N) is 4. The van der Waals surface area contributed by atoms with Crippen LogP contribution in [0.4, 0.5) is 33.2 Å². The first-order valence-electron chi connectivity index (χ1n) is 10.9. The van der Waals surface area contributed by atoms with Gasteiger partial charge in [-0.3, -0.25) is 0 Å². The third kappa shape index (κ3) is 4.72. The van der Waals surface area contributed by atoms with Gasteiger partial charge in [-0.15, -0.1) is 0 Å². The molecule has 3 heterocycles. The average Bonchev–Trinajstić information content (AvgIpc) is 2.88. The standard InChI is InChI=1S/C26H21FIN7/c1-15-5-7-18-17(9-11-31-25(18)34-21-8-6-16(28)12-20(21)27)24(15)35-26-19(4-3-10-30-26)22-13-23(29-2)33-14-32-22/h3-14H,1-2H3,(H,30,35)(H,31,34)(H,29,32,33). The van der Waals surface area contributed by atoms with Gasteiger partial charge < -0.3 is 16.0 Å². The summed E-state index contributed by atoms with van der Waals surface area (Å²) >= 11 is 2.09. The molecule has 7 nitrogen and oxygen atoms in total. The molecular formula is C26H21FIN7. The molecule has 5 rings (SSSR count). The van der Waals surface area contributed by atoms with E-state index in [9.17, 15) is 4.39 Å². The van der Waals surface area contributed by atoms with Crippen molar-refractivity contribution in [1.82, 2.24) is 19.9 Å². The van der Waals surface area contributed by atoms with Crippen LogP contribution < -0.4 is 16.0 Å². The number of benzene rings is 2. The normalized spacial score (nSPS) is 10.9. The molecule has 0 aliphatic carbocycles. The molecule has 9 heteroatoms. The number of rotatable bonds is 6. The minimum absolute atomic E-state index is 0.329. The second kappa shape index (κ2) is 9.79. The fraction of sp³-hybridized carbons (Fsp3) is 0.0769. The van der Waals surface area contributed by atoms with Crippen LogP contribution in [-0.2, 0) is 0 Å². The van der Waals surface area contributed by atoms with E-state index < -0.39 is 0 Å². The summed E-state index contributed by atoms with van der Waals surface area (Å²) in [6, 6.07) is 16.7. The van der Waals surface area contributed by atoms with Gasteiger partial charge in [0.05, 0.1) is 17.1 Å². The maximum atomic E-state index is 14.5. The number of aryl methyl sites for hydroxylation is 1. The Morgan fingerprint density at radius 3 is 2.51 bits per heavy atom. The first kappa shape index (κ1) is 22.9. The highest BCUT2D eigenvalue weighted by molar-refractivity contribution is 14.1. The molecule has 174 valence electrons. The molecule has 0 aliphatic rings. The van der Waals surface area contributed by atoms with Crippen LogP contribution in [0, 0.1) is 16.3 Å². The Labute approximate surface area is 215 Å². The Bertz CT molecular complexity index is 1540. The fourth-order valence-electron chi connectivity index (χ4n) is 3.82. The quantitative estimate of drug-likeness (QED) is 0.195. The van der Waals surface area contributed by atoms with Gasteiger partial charge >= 0.3 is 0 Å². The smallest absolute Gasteiger partial charge is 0.147 e. The number of halogens is 2. The van der Waals surface area contributed by atoms with Crippen molar-refractivity contribution < 1.29 is 4.39 Å². The van der Waals surface area contributed by atoms with E-state index in [1.165, 1.54) is 12.4 Å². The Balaban J connectivity index is 1.57. The molecule has 0 saturated heterocycles. The van der Waals surface area contributed by atoms with Crippen molar-refractivity contribution in [1.29, 1.82) is 0 Å². The van der Waals surface area contributed by atoms with Crippen LogP contribution in [0.2, 0.25) is 0 Å². The van der Waals surface area contributed by atoms with Crippen LogP contribution in [0.25, 0.3) is 22.0 Å². The molecule has 3 N–H and O–H groups in total. The predicted molar refractivity (Wildman–Crippen MR) is 147 cm³/mol. The average molecular weight is 577 g/mol. The minimum Gasteiger partial charge on any atom is -0.373 e. The van der Waals surface area contributed by atoms with Crippen LogP contribution in [0.1, 0.15) is 5.56 Å². The summed E-state index contributed by atoms with van der Waals surface area (Å²) in [5.74, 6) is 1.63. The first-order valence-corrected chi connectivity index (χ1v) is 11.9. The van der Waals surface area contributed by atoms with Crippen LogP contribution in [-0.4, -0.2) is 27.0 Å². The van der Waals surface area contributed by atoms with Gasteiger partial charge in [0.2, 0.25) is 0 Å². The highest BCUT2D eigenvalue weighted by Crippen LogP contribution is 2.36. The van der Waals surface area contributed by atoms with E-state index in [2.05, 4.69) is 58.5 Å². The molecule has 0 spiro atoms. The van der Waals surface area contributed by atoms with Crippen molar-refractivity contribution >= 4 is 62.2 Å². The molecule has 0 fully saturated rings. The summed E-state index contributed by atoms with van der Waals surface area (Å²) in [5.41, 5.74) is 3.88. The van der Waals surface area contributed by atoms with Crippen molar-refractivity contribution in [2.75, 3.05) is 23.0 Å². The van der Waals surface area contributed by atoms with Crippen LogP contribution in [0.15, 0.2) is 73.3 Å². The fourth-order valence-corrected chi connectivity index (χ4v) is 4.27. The third-order valence-electron chi connectivity index (χ3n) is 5.59. The van der Waals surface area contributed by atoms with Gasteiger partial charge in [-0.25, -0.2) is 24.3 Å². The van der Waals surface area contributed by atoms with E-state index in [1.54, 1.807) is 18.5 Å². The van der Waals surface area contributed by atoms with Gasteiger partial charge in [-0.2, -0.15) is 0 Å². The zero-order valence-electron chi connectivity index (χ0n) is 19.0. The Morgan fingerprint density at radius 1 is 0.829 bits per heavy atom. The van der Waals surface area contributed by atoms with E-state index >= 15 is 0 Å². The molecule has 2 aromatic carbocycles. The van der Waals surface area contributed by atoms with Gasteiger partial charge in [0.25, 0.3) is 0 Å². The highest BCUT2D eigenvalue weighted by Gasteiger charge is 2.14. The molecule has 35 heavy (non-hydrogen) atoms. The summed E-state index contributed by atoms with van der Waals surface area (Å²) in [5, 5.41) is 11.5. The van der Waals surface area contributed by atoms with Gasteiger partial charge in [-0.05, 0) is 71.5 Å². The lowest BCUT2D eigenvalue weighted by Gasteiger charge is -2.17. The molecule has 0 saturated carbocycles. The topological polar surface area (TPSA) is 87.7 Å². The van der Waals surface area contributed by atoms with E-state index in [-0.39, 0.29) is 5.82 Å². The van der Waals surface area contributed by atoms with Gasteiger partial charge in [0, 0.05) is 45.4 Å². The summed E-state index contributed by atoms with van der Waals surface area (Å²) < 4.78 is 15.3. The van der Waals surface area contributed by atoms with Crippen molar-refractivity contribution in [3.63, 3.8) is 0 Å². The van der Waals surface area contributed by atoms with Gasteiger partial charge in [-0.1, -0.05) is 12.1 Å². The number of hydrogen-bond acceptors (Lipinski definition) is 7. The number of pyridine rings is 2. The lowest BCUT2D eigenvalue weighted by molar-refractivity contribution is 0.631. The molecule has 0 bridgehead atoms. The first-order chi connectivity index (χ1) is 17.0. The lowest BCUT2D eigenvalue weighted by Crippen LogP contribution is -2.02. The number of fused-ring (bicyclic) bond motifs is 1. The largest absolute Gasteiger partial charge is 0.373 e.